The highest BCUT2D eigenvalue weighted by molar-refractivity contribution is 14.1. The maximum atomic E-state index is 12.1. The smallest absolute Gasteiger partial charge is 0.326 e. The zero-order valence-electron chi connectivity index (χ0n) is 10.5. The van der Waals surface area contributed by atoms with E-state index in [0.717, 1.165) is 21.2 Å². The molecule has 0 unspecified atom stereocenters. The molecule has 102 valence electrons. The Labute approximate surface area is 125 Å². The van der Waals surface area contributed by atoms with Crippen LogP contribution in [0, 0.1) is 10.5 Å². The van der Waals surface area contributed by atoms with E-state index in [0.29, 0.717) is 13.0 Å². The third-order valence-electron chi connectivity index (χ3n) is 3.24. The van der Waals surface area contributed by atoms with Gasteiger partial charge in [-0.15, -0.1) is 0 Å². The SMILES string of the molecule is Cc1ccc(I)cc1NC(=O)N1CCC[C@H]1C(=O)O. The van der Waals surface area contributed by atoms with E-state index >= 15 is 0 Å². The molecule has 1 aliphatic heterocycles. The van der Waals surface area contributed by atoms with Crippen molar-refractivity contribution in [2.75, 3.05) is 11.9 Å². The van der Waals surface area contributed by atoms with Gasteiger partial charge in [0.2, 0.25) is 0 Å². The number of carbonyl (C=O) groups is 2. The zero-order valence-corrected chi connectivity index (χ0v) is 12.7. The molecule has 0 spiro atoms. The number of aryl methyl sites for hydroxylation is 1. The van der Waals surface area contributed by atoms with Crippen molar-refractivity contribution in [1.82, 2.24) is 4.90 Å². The number of carbonyl (C=O) groups excluding carboxylic acids is 1. The van der Waals surface area contributed by atoms with E-state index in [1.165, 1.54) is 4.90 Å². The number of nitrogens with one attached hydrogen (secondary N) is 1. The molecule has 0 radical (unpaired) electrons. The van der Waals surface area contributed by atoms with Crippen LogP contribution < -0.4 is 5.32 Å². The molecule has 1 aromatic carbocycles. The molecule has 19 heavy (non-hydrogen) atoms. The van der Waals surface area contributed by atoms with Crippen LogP contribution >= 0.6 is 22.6 Å². The predicted octanol–water partition coefficient (Wildman–Crippen LogP) is 2.68. The lowest BCUT2D eigenvalue weighted by atomic mass is 10.2. The molecule has 2 N–H and O–H groups in total. The summed E-state index contributed by atoms with van der Waals surface area (Å²) in [5.41, 5.74) is 1.69. The number of aliphatic carboxylic acids is 1. The van der Waals surface area contributed by atoms with Gasteiger partial charge in [-0.05, 0) is 60.1 Å². The number of hydrogen-bond donors (Lipinski definition) is 2. The summed E-state index contributed by atoms with van der Waals surface area (Å²) in [6.45, 7) is 2.40. The molecule has 2 amide bonds. The first-order chi connectivity index (χ1) is 8.99. The summed E-state index contributed by atoms with van der Waals surface area (Å²) >= 11 is 2.17. The lowest BCUT2D eigenvalue weighted by molar-refractivity contribution is -0.141. The average molecular weight is 374 g/mol. The third kappa shape index (κ3) is 3.17. The number of urea groups is 1. The van der Waals surface area contributed by atoms with Gasteiger partial charge in [0, 0.05) is 15.8 Å². The lowest BCUT2D eigenvalue weighted by Gasteiger charge is -2.22. The second kappa shape index (κ2) is 5.77. The van der Waals surface area contributed by atoms with Crippen molar-refractivity contribution in [3.63, 3.8) is 0 Å². The lowest BCUT2D eigenvalue weighted by Crippen LogP contribution is -2.42. The number of nitrogens with zero attached hydrogens (tertiary/aromatic N) is 1. The fraction of sp³-hybridized carbons (Fsp3) is 0.385. The Morgan fingerprint density at radius 1 is 1.47 bits per heavy atom. The molecule has 1 aromatic rings. The summed E-state index contributed by atoms with van der Waals surface area (Å²) < 4.78 is 1.02. The molecular formula is C13H15IN2O3. The van der Waals surface area contributed by atoms with Crippen LogP contribution in [0.25, 0.3) is 0 Å². The molecule has 6 heteroatoms. The minimum atomic E-state index is -0.938. The van der Waals surface area contributed by atoms with Gasteiger partial charge < -0.3 is 15.3 Å². The average Bonchev–Trinajstić information content (AvgIpc) is 2.83. The second-order valence-corrected chi connectivity index (χ2v) is 5.82. The van der Waals surface area contributed by atoms with Crippen molar-refractivity contribution >= 4 is 40.3 Å². The van der Waals surface area contributed by atoms with Crippen molar-refractivity contribution in [3.8, 4) is 0 Å². The van der Waals surface area contributed by atoms with Gasteiger partial charge in [0.1, 0.15) is 6.04 Å². The maximum Gasteiger partial charge on any atom is 0.326 e. The van der Waals surface area contributed by atoms with Crippen LogP contribution in [0.15, 0.2) is 18.2 Å². The Morgan fingerprint density at radius 3 is 2.89 bits per heavy atom. The van der Waals surface area contributed by atoms with Crippen LogP contribution in [-0.4, -0.2) is 34.6 Å². The van der Waals surface area contributed by atoms with Gasteiger partial charge in [-0.1, -0.05) is 6.07 Å². The zero-order chi connectivity index (χ0) is 14.0. The number of anilines is 1. The van der Waals surface area contributed by atoms with Crippen molar-refractivity contribution in [3.05, 3.63) is 27.3 Å². The van der Waals surface area contributed by atoms with Gasteiger partial charge in [-0.3, -0.25) is 0 Å². The molecule has 1 saturated heterocycles. The van der Waals surface area contributed by atoms with Gasteiger partial charge >= 0.3 is 12.0 Å². The van der Waals surface area contributed by atoms with E-state index in [-0.39, 0.29) is 6.03 Å². The van der Waals surface area contributed by atoms with E-state index in [1.807, 2.05) is 25.1 Å². The first-order valence-corrected chi connectivity index (χ1v) is 7.13. The molecule has 0 aliphatic carbocycles. The molecule has 1 atom stereocenters. The highest BCUT2D eigenvalue weighted by Crippen LogP contribution is 2.22. The van der Waals surface area contributed by atoms with Crippen LogP contribution in [0.4, 0.5) is 10.5 Å². The quantitative estimate of drug-likeness (QED) is 0.783. The van der Waals surface area contributed by atoms with Crippen LogP contribution in [0.2, 0.25) is 0 Å². The molecule has 1 aliphatic rings. The Morgan fingerprint density at radius 2 is 2.21 bits per heavy atom. The summed E-state index contributed by atoms with van der Waals surface area (Å²) in [6.07, 6.45) is 1.25. The standard InChI is InChI=1S/C13H15IN2O3/c1-8-4-5-9(14)7-10(8)15-13(19)16-6-2-3-11(16)12(17)18/h4-5,7,11H,2-3,6H2,1H3,(H,15,19)(H,17,18)/t11-/m0/s1. The molecule has 0 aromatic heterocycles. The van der Waals surface area contributed by atoms with Crippen molar-refractivity contribution in [2.45, 2.75) is 25.8 Å². The Kier molecular flexibility index (Phi) is 4.28. The number of amides is 2. The van der Waals surface area contributed by atoms with Gasteiger partial charge in [-0.25, -0.2) is 9.59 Å². The Bertz CT molecular complexity index is 519. The van der Waals surface area contributed by atoms with Crippen LogP contribution in [-0.2, 0) is 4.79 Å². The molecule has 2 rings (SSSR count). The first-order valence-electron chi connectivity index (χ1n) is 6.05. The summed E-state index contributed by atoms with van der Waals surface area (Å²) in [5.74, 6) is -0.938. The number of halogens is 1. The van der Waals surface area contributed by atoms with E-state index < -0.39 is 12.0 Å². The normalized spacial score (nSPS) is 18.4. The third-order valence-corrected chi connectivity index (χ3v) is 3.91. The van der Waals surface area contributed by atoms with Crippen LogP contribution in [0.5, 0.6) is 0 Å². The summed E-state index contributed by atoms with van der Waals surface area (Å²) in [5, 5.41) is 11.9. The largest absolute Gasteiger partial charge is 0.480 e. The van der Waals surface area contributed by atoms with E-state index in [4.69, 9.17) is 5.11 Å². The molecule has 0 bridgehead atoms. The topological polar surface area (TPSA) is 69.6 Å². The number of carboxylic acid groups (broad SMARTS) is 1. The molecule has 0 saturated carbocycles. The molecule has 1 fully saturated rings. The number of benzene rings is 1. The minimum Gasteiger partial charge on any atom is -0.480 e. The minimum absolute atomic E-state index is 0.338. The number of likely N-dealkylation sites (tertiary alicyclic amines) is 1. The van der Waals surface area contributed by atoms with Crippen molar-refractivity contribution in [2.24, 2.45) is 0 Å². The fourth-order valence-corrected chi connectivity index (χ4v) is 2.67. The summed E-state index contributed by atoms with van der Waals surface area (Å²) in [4.78, 5) is 24.6. The fourth-order valence-electron chi connectivity index (χ4n) is 2.18. The van der Waals surface area contributed by atoms with Crippen molar-refractivity contribution in [1.29, 1.82) is 0 Å². The number of hydrogen-bond acceptors (Lipinski definition) is 2. The highest BCUT2D eigenvalue weighted by atomic mass is 127. The number of rotatable bonds is 2. The monoisotopic (exact) mass is 374 g/mol. The van der Waals surface area contributed by atoms with Crippen LogP contribution in [0.3, 0.4) is 0 Å². The predicted molar refractivity (Wildman–Crippen MR) is 80.3 cm³/mol. The van der Waals surface area contributed by atoms with E-state index in [2.05, 4.69) is 27.9 Å². The van der Waals surface area contributed by atoms with Gasteiger partial charge in [0.25, 0.3) is 0 Å². The van der Waals surface area contributed by atoms with Crippen molar-refractivity contribution < 1.29 is 14.7 Å². The van der Waals surface area contributed by atoms with E-state index in [9.17, 15) is 9.59 Å². The molecule has 1 heterocycles. The van der Waals surface area contributed by atoms with Gasteiger partial charge in [0.15, 0.2) is 0 Å². The summed E-state index contributed by atoms with van der Waals surface area (Å²) in [7, 11) is 0. The highest BCUT2D eigenvalue weighted by Gasteiger charge is 2.34. The Hall–Kier alpha value is -1.31. The maximum absolute atomic E-state index is 12.1. The van der Waals surface area contributed by atoms with Crippen LogP contribution in [0.1, 0.15) is 18.4 Å². The summed E-state index contributed by atoms with van der Waals surface area (Å²) in [6, 6.07) is 4.72. The van der Waals surface area contributed by atoms with Gasteiger partial charge in [0.05, 0.1) is 0 Å². The molecular weight excluding hydrogens is 359 g/mol. The molecule has 5 nitrogen and oxygen atoms in total. The first kappa shape index (κ1) is 14.1. The Balaban J connectivity index is 2.12. The number of carboxylic acids is 1. The van der Waals surface area contributed by atoms with Gasteiger partial charge in [-0.2, -0.15) is 0 Å². The second-order valence-electron chi connectivity index (χ2n) is 4.58. The van der Waals surface area contributed by atoms with E-state index in [1.54, 1.807) is 0 Å².